The third kappa shape index (κ3) is 1.58. The van der Waals surface area contributed by atoms with Gasteiger partial charge < -0.3 is 4.42 Å². The number of nitrogens with zero attached hydrogens (tertiary/aromatic N) is 2. The molecule has 1 aromatic carbocycles. The minimum absolute atomic E-state index is 0.0788. The average Bonchev–Trinajstić information content (AvgIpc) is 2.55. The van der Waals surface area contributed by atoms with Gasteiger partial charge in [0.2, 0.25) is 0 Å². The van der Waals surface area contributed by atoms with E-state index in [-0.39, 0.29) is 11.3 Å². The van der Waals surface area contributed by atoms with Gasteiger partial charge in [-0.3, -0.25) is 14.7 Å². The molecular formula is C10H10N2O4. The lowest BCUT2D eigenvalue weighted by Gasteiger charge is -1.97. The standard InChI is InChI=1S/C10H10N2O4/c1-2-5-11-8-4-3-7(12(14)15)6-9(8)16-10(11)13/h3-4,6H,2,5H2,1H3. The minimum Gasteiger partial charge on any atom is -0.407 e. The van der Waals surface area contributed by atoms with Crippen molar-refractivity contribution in [2.75, 3.05) is 0 Å². The predicted molar refractivity (Wildman–Crippen MR) is 57.4 cm³/mol. The molecule has 0 spiro atoms. The van der Waals surface area contributed by atoms with Crippen molar-refractivity contribution in [1.82, 2.24) is 4.57 Å². The largest absolute Gasteiger partial charge is 0.419 e. The van der Waals surface area contributed by atoms with Gasteiger partial charge in [0.15, 0.2) is 5.58 Å². The highest BCUT2D eigenvalue weighted by atomic mass is 16.6. The Labute approximate surface area is 90.2 Å². The number of fused-ring (bicyclic) bond motifs is 1. The van der Waals surface area contributed by atoms with E-state index >= 15 is 0 Å². The fraction of sp³-hybridized carbons (Fsp3) is 0.300. The van der Waals surface area contributed by atoms with Crippen LogP contribution in [0.1, 0.15) is 13.3 Å². The highest BCUT2D eigenvalue weighted by Crippen LogP contribution is 2.19. The number of hydrogen-bond acceptors (Lipinski definition) is 4. The number of oxazole rings is 1. The maximum absolute atomic E-state index is 11.4. The first kappa shape index (κ1) is 10.4. The van der Waals surface area contributed by atoms with Crippen LogP contribution in [0, 0.1) is 10.1 Å². The number of benzene rings is 1. The van der Waals surface area contributed by atoms with Crippen molar-refractivity contribution in [3.8, 4) is 0 Å². The van der Waals surface area contributed by atoms with Gasteiger partial charge in [0.1, 0.15) is 0 Å². The Hall–Kier alpha value is -2.11. The summed E-state index contributed by atoms with van der Waals surface area (Å²) in [6.45, 7) is 2.49. The molecule has 2 aromatic rings. The summed E-state index contributed by atoms with van der Waals surface area (Å²) in [6, 6.07) is 4.17. The predicted octanol–water partition coefficient (Wildman–Crippen LogP) is 1.91. The van der Waals surface area contributed by atoms with Crippen molar-refractivity contribution in [2.24, 2.45) is 0 Å². The highest BCUT2D eigenvalue weighted by molar-refractivity contribution is 5.75. The molecule has 16 heavy (non-hydrogen) atoms. The van der Waals surface area contributed by atoms with Crippen molar-refractivity contribution in [2.45, 2.75) is 19.9 Å². The maximum Gasteiger partial charge on any atom is 0.419 e. The van der Waals surface area contributed by atoms with Gasteiger partial charge in [-0.15, -0.1) is 0 Å². The molecule has 0 aliphatic carbocycles. The van der Waals surface area contributed by atoms with E-state index in [0.717, 1.165) is 6.42 Å². The smallest absolute Gasteiger partial charge is 0.407 e. The van der Waals surface area contributed by atoms with Crippen LogP contribution in [0.15, 0.2) is 27.4 Å². The van der Waals surface area contributed by atoms with Gasteiger partial charge in [0, 0.05) is 12.6 Å². The molecule has 0 aliphatic rings. The normalized spacial score (nSPS) is 10.8. The quantitative estimate of drug-likeness (QED) is 0.587. The number of non-ortho nitro benzene ring substituents is 1. The van der Waals surface area contributed by atoms with Crippen LogP contribution in [0.2, 0.25) is 0 Å². The summed E-state index contributed by atoms with van der Waals surface area (Å²) >= 11 is 0. The lowest BCUT2D eigenvalue weighted by atomic mass is 10.3. The summed E-state index contributed by atoms with van der Waals surface area (Å²) in [6.07, 6.45) is 0.797. The molecule has 0 radical (unpaired) electrons. The summed E-state index contributed by atoms with van der Waals surface area (Å²) < 4.78 is 6.42. The molecule has 0 atom stereocenters. The van der Waals surface area contributed by atoms with Gasteiger partial charge in [-0.05, 0) is 12.5 Å². The third-order valence-corrected chi connectivity index (χ3v) is 2.31. The Kier molecular flexibility index (Phi) is 2.47. The first-order chi connectivity index (χ1) is 7.63. The Bertz CT molecular complexity index is 596. The molecule has 0 amide bonds. The molecule has 0 unspecified atom stereocenters. The summed E-state index contributed by atoms with van der Waals surface area (Å²) in [5.74, 6) is -0.475. The van der Waals surface area contributed by atoms with E-state index < -0.39 is 10.7 Å². The van der Waals surface area contributed by atoms with Crippen molar-refractivity contribution in [3.05, 3.63) is 38.9 Å². The molecule has 1 heterocycles. The van der Waals surface area contributed by atoms with E-state index in [1.54, 1.807) is 0 Å². The zero-order chi connectivity index (χ0) is 11.7. The van der Waals surface area contributed by atoms with E-state index in [1.165, 1.54) is 22.8 Å². The Morgan fingerprint density at radius 1 is 1.50 bits per heavy atom. The number of hydrogen-bond donors (Lipinski definition) is 0. The fourth-order valence-corrected chi connectivity index (χ4v) is 1.60. The van der Waals surface area contributed by atoms with Gasteiger partial charge in [-0.2, -0.15) is 0 Å². The van der Waals surface area contributed by atoms with Crippen molar-refractivity contribution in [3.63, 3.8) is 0 Å². The topological polar surface area (TPSA) is 78.3 Å². The summed E-state index contributed by atoms with van der Waals surface area (Å²) in [5.41, 5.74) is 0.773. The summed E-state index contributed by atoms with van der Waals surface area (Å²) in [5, 5.41) is 10.5. The van der Waals surface area contributed by atoms with Gasteiger partial charge in [0.25, 0.3) is 5.69 Å². The van der Waals surface area contributed by atoms with Crippen LogP contribution < -0.4 is 5.76 Å². The van der Waals surface area contributed by atoms with E-state index in [9.17, 15) is 14.9 Å². The first-order valence-electron chi connectivity index (χ1n) is 4.91. The number of nitro benzene ring substituents is 1. The van der Waals surface area contributed by atoms with Crippen LogP contribution in [0.5, 0.6) is 0 Å². The summed E-state index contributed by atoms with van der Waals surface area (Å²) in [4.78, 5) is 21.5. The van der Waals surface area contributed by atoms with Crippen LogP contribution >= 0.6 is 0 Å². The Morgan fingerprint density at radius 2 is 2.25 bits per heavy atom. The second-order valence-electron chi connectivity index (χ2n) is 3.43. The van der Waals surface area contributed by atoms with Crippen molar-refractivity contribution < 1.29 is 9.34 Å². The monoisotopic (exact) mass is 222 g/mol. The molecule has 84 valence electrons. The highest BCUT2D eigenvalue weighted by Gasteiger charge is 2.13. The van der Waals surface area contributed by atoms with Gasteiger partial charge in [-0.1, -0.05) is 6.92 Å². The van der Waals surface area contributed by atoms with Crippen LogP contribution in [0.3, 0.4) is 0 Å². The van der Waals surface area contributed by atoms with Crippen LogP contribution in [0.25, 0.3) is 11.1 Å². The lowest BCUT2D eigenvalue weighted by Crippen LogP contribution is -2.13. The second-order valence-corrected chi connectivity index (χ2v) is 3.43. The van der Waals surface area contributed by atoms with E-state index in [1.807, 2.05) is 6.92 Å². The molecule has 1 aromatic heterocycles. The fourth-order valence-electron chi connectivity index (χ4n) is 1.60. The summed E-state index contributed by atoms with van der Waals surface area (Å²) in [7, 11) is 0. The van der Waals surface area contributed by atoms with E-state index in [2.05, 4.69) is 0 Å². The van der Waals surface area contributed by atoms with Gasteiger partial charge in [0.05, 0.1) is 16.5 Å². The molecule has 0 N–H and O–H groups in total. The Balaban J connectivity index is 2.65. The average molecular weight is 222 g/mol. The molecule has 0 saturated heterocycles. The van der Waals surface area contributed by atoms with Crippen LogP contribution in [0.4, 0.5) is 5.69 Å². The number of aromatic nitrogens is 1. The maximum atomic E-state index is 11.4. The minimum atomic E-state index is -0.517. The van der Waals surface area contributed by atoms with Crippen LogP contribution in [-0.2, 0) is 6.54 Å². The SMILES string of the molecule is CCCn1c(=O)oc2cc([N+](=O)[O-])ccc21. The number of rotatable bonds is 3. The molecular weight excluding hydrogens is 212 g/mol. The van der Waals surface area contributed by atoms with Gasteiger partial charge >= 0.3 is 5.76 Å². The number of nitro groups is 1. The zero-order valence-corrected chi connectivity index (χ0v) is 8.67. The second kappa shape index (κ2) is 3.80. The molecule has 0 fully saturated rings. The molecule has 0 aliphatic heterocycles. The molecule has 6 heteroatoms. The lowest BCUT2D eigenvalue weighted by molar-refractivity contribution is -0.384. The van der Waals surface area contributed by atoms with E-state index in [0.29, 0.717) is 12.1 Å². The molecule has 0 bridgehead atoms. The van der Waals surface area contributed by atoms with Crippen molar-refractivity contribution >= 4 is 16.8 Å². The molecule has 6 nitrogen and oxygen atoms in total. The number of aryl methyl sites for hydroxylation is 1. The molecule has 0 saturated carbocycles. The van der Waals surface area contributed by atoms with Gasteiger partial charge in [-0.25, -0.2) is 4.79 Å². The third-order valence-electron chi connectivity index (χ3n) is 2.31. The van der Waals surface area contributed by atoms with E-state index in [4.69, 9.17) is 4.42 Å². The molecule has 2 rings (SSSR count). The zero-order valence-electron chi connectivity index (χ0n) is 8.67. The first-order valence-corrected chi connectivity index (χ1v) is 4.91. The van der Waals surface area contributed by atoms with Crippen molar-refractivity contribution in [1.29, 1.82) is 0 Å². The van der Waals surface area contributed by atoms with Crippen LogP contribution in [-0.4, -0.2) is 9.49 Å². The Morgan fingerprint density at radius 3 is 2.88 bits per heavy atom.